The van der Waals surface area contributed by atoms with Crippen molar-refractivity contribution in [3.8, 4) is 17.4 Å². The topological polar surface area (TPSA) is 81.7 Å². The zero-order valence-electron chi connectivity index (χ0n) is 15.0. The number of carbonyl (C=O) groups excluding carboxylic acids is 1. The van der Waals surface area contributed by atoms with Crippen LogP contribution in [-0.4, -0.2) is 30.0 Å². The fraction of sp³-hybridized carbons (Fsp3) is 0.400. The van der Waals surface area contributed by atoms with E-state index in [0.717, 1.165) is 42.7 Å². The number of urea groups is 1. The van der Waals surface area contributed by atoms with Gasteiger partial charge in [0, 0.05) is 24.8 Å². The summed E-state index contributed by atoms with van der Waals surface area (Å²) in [4.78, 5) is 16.4. The highest BCUT2D eigenvalue weighted by Gasteiger charge is 2.24. The van der Waals surface area contributed by atoms with E-state index in [-0.39, 0.29) is 25.0 Å². The highest BCUT2D eigenvalue weighted by atomic mass is 16.7. The molecule has 1 aliphatic heterocycles. The van der Waals surface area contributed by atoms with E-state index in [1.54, 1.807) is 6.20 Å². The molecule has 2 amide bonds. The van der Waals surface area contributed by atoms with Gasteiger partial charge >= 0.3 is 6.03 Å². The zero-order chi connectivity index (χ0) is 18.5. The first-order valence-electron chi connectivity index (χ1n) is 9.27. The van der Waals surface area contributed by atoms with Crippen LogP contribution in [0.25, 0.3) is 0 Å². The second-order valence-corrected chi connectivity index (χ2v) is 6.77. The molecule has 0 atom stereocenters. The van der Waals surface area contributed by atoms with Crippen molar-refractivity contribution in [2.24, 2.45) is 0 Å². The van der Waals surface area contributed by atoms with Gasteiger partial charge in [-0.05, 0) is 49.4 Å². The Labute approximate surface area is 158 Å². The van der Waals surface area contributed by atoms with E-state index >= 15 is 0 Å². The Morgan fingerprint density at radius 2 is 1.96 bits per heavy atom. The van der Waals surface area contributed by atoms with Crippen molar-refractivity contribution < 1.29 is 19.0 Å². The van der Waals surface area contributed by atoms with Crippen LogP contribution in [0.3, 0.4) is 0 Å². The summed E-state index contributed by atoms with van der Waals surface area (Å²) in [6, 6.07) is 11.4. The van der Waals surface area contributed by atoms with E-state index in [4.69, 9.17) is 14.2 Å². The van der Waals surface area contributed by atoms with Crippen molar-refractivity contribution in [2.45, 2.75) is 44.4 Å². The molecule has 1 aliphatic carbocycles. The number of nitrogens with zero attached hydrogens (tertiary/aromatic N) is 1. The summed E-state index contributed by atoms with van der Waals surface area (Å²) in [5.41, 5.74) is 0.974. The molecule has 0 unspecified atom stereocenters. The van der Waals surface area contributed by atoms with Gasteiger partial charge < -0.3 is 24.8 Å². The number of nitrogens with one attached hydrogen (secondary N) is 2. The van der Waals surface area contributed by atoms with Gasteiger partial charge in [-0.1, -0.05) is 12.1 Å². The van der Waals surface area contributed by atoms with Crippen LogP contribution < -0.4 is 24.8 Å². The monoisotopic (exact) mass is 369 g/mol. The second-order valence-electron chi connectivity index (χ2n) is 6.77. The van der Waals surface area contributed by atoms with Crippen molar-refractivity contribution >= 4 is 6.03 Å². The van der Waals surface area contributed by atoms with E-state index in [1.165, 1.54) is 0 Å². The number of hydrogen-bond acceptors (Lipinski definition) is 5. The van der Waals surface area contributed by atoms with Crippen LogP contribution in [0.2, 0.25) is 0 Å². The van der Waals surface area contributed by atoms with Gasteiger partial charge in [0.1, 0.15) is 6.10 Å². The Morgan fingerprint density at radius 1 is 1.11 bits per heavy atom. The van der Waals surface area contributed by atoms with Crippen LogP contribution in [0, 0.1) is 0 Å². The van der Waals surface area contributed by atoms with Gasteiger partial charge in [-0.25, -0.2) is 9.78 Å². The molecule has 2 heterocycles. The average Bonchev–Trinajstić information content (AvgIpc) is 3.17. The molecule has 142 valence electrons. The number of hydrogen-bond donors (Lipinski definition) is 2. The van der Waals surface area contributed by atoms with Gasteiger partial charge in [0.15, 0.2) is 11.5 Å². The van der Waals surface area contributed by atoms with Crippen molar-refractivity contribution in [2.75, 3.05) is 6.79 Å². The number of benzene rings is 1. The van der Waals surface area contributed by atoms with E-state index in [1.807, 2.05) is 36.4 Å². The fourth-order valence-electron chi connectivity index (χ4n) is 3.38. The van der Waals surface area contributed by atoms with Gasteiger partial charge in [0.25, 0.3) is 0 Å². The lowest BCUT2D eigenvalue weighted by molar-refractivity contribution is 0.135. The Hall–Kier alpha value is -2.96. The molecule has 7 heteroatoms. The summed E-state index contributed by atoms with van der Waals surface area (Å²) >= 11 is 0. The van der Waals surface area contributed by atoms with Gasteiger partial charge in [-0.3, -0.25) is 0 Å². The summed E-state index contributed by atoms with van der Waals surface area (Å²) in [5.74, 6) is 2.13. The third-order valence-corrected chi connectivity index (χ3v) is 4.82. The van der Waals surface area contributed by atoms with Crippen LogP contribution in [0.4, 0.5) is 4.79 Å². The minimum Gasteiger partial charge on any atom is -0.474 e. The highest BCUT2D eigenvalue weighted by Crippen LogP contribution is 2.32. The number of amides is 2. The number of ether oxygens (including phenoxy) is 3. The van der Waals surface area contributed by atoms with Crippen LogP contribution in [0.1, 0.15) is 31.2 Å². The standard InChI is InChI=1S/C20H23N3O4/c24-20(22-12-14-4-9-17-18(11-14)26-13-25-17)23-15-5-7-16(8-6-15)27-19-3-1-2-10-21-19/h1-4,9-11,15-16H,5-8,12-13H2,(H2,22,23,24). The fourth-order valence-corrected chi connectivity index (χ4v) is 3.38. The Kier molecular flexibility index (Phi) is 5.27. The smallest absolute Gasteiger partial charge is 0.315 e. The molecule has 27 heavy (non-hydrogen) atoms. The van der Waals surface area contributed by atoms with E-state index in [9.17, 15) is 4.79 Å². The average molecular weight is 369 g/mol. The maximum Gasteiger partial charge on any atom is 0.315 e. The normalized spacial score (nSPS) is 20.7. The molecular formula is C20H23N3O4. The van der Waals surface area contributed by atoms with Crippen LogP contribution >= 0.6 is 0 Å². The first-order valence-corrected chi connectivity index (χ1v) is 9.27. The molecule has 0 saturated heterocycles. The number of rotatable bonds is 5. The second kappa shape index (κ2) is 8.16. The van der Waals surface area contributed by atoms with E-state index in [2.05, 4.69) is 15.6 Å². The first kappa shape index (κ1) is 17.5. The Balaban J connectivity index is 1.18. The van der Waals surface area contributed by atoms with Gasteiger partial charge in [-0.2, -0.15) is 0 Å². The molecule has 2 aliphatic rings. The summed E-state index contributed by atoms with van der Waals surface area (Å²) in [6.07, 6.45) is 5.50. The first-order chi connectivity index (χ1) is 13.3. The molecule has 1 aromatic carbocycles. The van der Waals surface area contributed by atoms with Gasteiger partial charge in [0.05, 0.1) is 0 Å². The molecule has 2 aromatic rings. The lowest BCUT2D eigenvalue weighted by Gasteiger charge is -2.29. The molecule has 0 bridgehead atoms. The predicted molar refractivity (Wildman–Crippen MR) is 98.8 cm³/mol. The quantitative estimate of drug-likeness (QED) is 0.847. The predicted octanol–water partition coefficient (Wildman–Crippen LogP) is 3.00. The molecule has 7 nitrogen and oxygen atoms in total. The third kappa shape index (κ3) is 4.61. The molecule has 0 radical (unpaired) electrons. The Morgan fingerprint density at radius 3 is 2.78 bits per heavy atom. The van der Waals surface area contributed by atoms with E-state index < -0.39 is 0 Å². The van der Waals surface area contributed by atoms with Crippen molar-refractivity contribution in [3.05, 3.63) is 48.2 Å². The van der Waals surface area contributed by atoms with Crippen LogP contribution in [0.15, 0.2) is 42.6 Å². The van der Waals surface area contributed by atoms with E-state index in [0.29, 0.717) is 12.4 Å². The van der Waals surface area contributed by atoms with Crippen molar-refractivity contribution in [1.82, 2.24) is 15.6 Å². The zero-order valence-corrected chi connectivity index (χ0v) is 15.0. The third-order valence-electron chi connectivity index (χ3n) is 4.82. The van der Waals surface area contributed by atoms with Gasteiger partial charge in [-0.15, -0.1) is 0 Å². The molecular weight excluding hydrogens is 346 g/mol. The minimum atomic E-state index is -0.151. The molecule has 1 fully saturated rings. The van der Waals surface area contributed by atoms with Crippen molar-refractivity contribution in [1.29, 1.82) is 0 Å². The molecule has 1 saturated carbocycles. The summed E-state index contributed by atoms with van der Waals surface area (Å²) in [6.45, 7) is 0.694. The van der Waals surface area contributed by atoms with Crippen molar-refractivity contribution in [3.63, 3.8) is 0 Å². The molecule has 2 N–H and O–H groups in total. The van der Waals surface area contributed by atoms with Crippen LogP contribution in [-0.2, 0) is 6.54 Å². The lowest BCUT2D eigenvalue weighted by Crippen LogP contribution is -2.44. The molecule has 0 spiro atoms. The maximum atomic E-state index is 12.2. The molecule has 1 aromatic heterocycles. The number of pyridine rings is 1. The number of carbonyl (C=O) groups is 1. The molecule has 4 rings (SSSR count). The lowest BCUT2D eigenvalue weighted by atomic mass is 9.93. The SMILES string of the molecule is O=C(NCc1ccc2c(c1)OCO2)NC1CCC(Oc2ccccn2)CC1. The Bertz CT molecular complexity index is 776. The largest absolute Gasteiger partial charge is 0.474 e. The number of fused-ring (bicyclic) bond motifs is 1. The van der Waals surface area contributed by atoms with Crippen LogP contribution in [0.5, 0.6) is 17.4 Å². The number of aromatic nitrogens is 1. The minimum absolute atomic E-state index is 0.151. The summed E-state index contributed by atoms with van der Waals surface area (Å²) in [5, 5.41) is 5.95. The summed E-state index contributed by atoms with van der Waals surface area (Å²) in [7, 11) is 0. The van der Waals surface area contributed by atoms with Gasteiger partial charge in [0.2, 0.25) is 12.7 Å². The summed E-state index contributed by atoms with van der Waals surface area (Å²) < 4.78 is 16.5. The highest BCUT2D eigenvalue weighted by molar-refractivity contribution is 5.74. The maximum absolute atomic E-state index is 12.2.